The smallest absolute Gasteiger partial charge is 0.234 e. The number of amides is 1. The molecule has 0 spiro atoms. The lowest BCUT2D eigenvalue weighted by atomic mass is 10.2. The van der Waals surface area contributed by atoms with Crippen molar-refractivity contribution in [2.24, 2.45) is 0 Å². The minimum Gasteiger partial charge on any atom is -0.497 e. The molecule has 0 saturated heterocycles. The molecule has 5 nitrogen and oxygen atoms in total. The molecule has 1 aromatic carbocycles. The van der Waals surface area contributed by atoms with Gasteiger partial charge in [0.15, 0.2) is 0 Å². The molecule has 0 aliphatic heterocycles. The maximum atomic E-state index is 11.6. The number of hydrogen-bond acceptors (Lipinski definition) is 4. The molecule has 0 bridgehead atoms. The highest BCUT2D eigenvalue weighted by Gasteiger charge is 2.07. The summed E-state index contributed by atoms with van der Waals surface area (Å²) in [6.45, 7) is 3.66. The molecule has 0 aliphatic carbocycles. The molecule has 1 rings (SSSR count). The van der Waals surface area contributed by atoms with Crippen molar-refractivity contribution in [3.63, 3.8) is 0 Å². The summed E-state index contributed by atoms with van der Waals surface area (Å²) in [5.74, 6) is 1.45. The van der Waals surface area contributed by atoms with E-state index in [9.17, 15) is 4.79 Å². The molecule has 0 aliphatic rings. The number of nitrogens with one attached hydrogen (secondary N) is 2. The largest absolute Gasteiger partial charge is 0.497 e. The van der Waals surface area contributed by atoms with E-state index in [1.807, 2.05) is 18.2 Å². The third kappa shape index (κ3) is 5.18. The van der Waals surface area contributed by atoms with E-state index in [4.69, 9.17) is 9.47 Å². The number of carbonyl (C=O) groups excluding carboxylic acids is 1. The zero-order valence-corrected chi connectivity index (χ0v) is 11.8. The average Bonchev–Trinajstić information content (AvgIpc) is 2.45. The molecule has 2 N–H and O–H groups in total. The molecule has 0 saturated carbocycles. The monoisotopic (exact) mass is 266 g/mol. The summed E-state index contributed by atoms with van der Waals surface area (Å²) in [6.07, 6.45) is 1.01. The lowest BCUT2D eigenvalue weighted by Gasteiger charge is -2.11. The maximum absolute atomic E-state index is 11.6. The molecule has 0 heterocycles. The Kier molecular flexibility index (Phi) is 6.74. The molecule has 5 heteroatoms. The van der Waals surface area contributed by atoms with Crippen LogP contribution in [0.5, 0.6) is 11.5 Å². The van der Waals surface area contributed by atoms with Crippen molar-refractivity contribution in [1.82, 2.24) is 10.6 Å². The van der Waals surface area contributed by atoms with Crippen LogP contribution >= 0.6 is 0 Å². The van der Waals surface area contributed by atoms with Crippen molar-refractivity contribution < 1.29 is 14.3 Å². The normalized spacial score (nSPS) is 10.1. The van der Waals surface area contributed by atoms with E-state index in [1.54, 1.807) is 14.2 Å². The Bertz CT molecular complexity index is 408. The van der Waals surface area contributed by atoms with Crippen LogP contribution in [-0.4, -0.2) is 33.2 Å². The second-order valence-electron chi connectivity index (χ2n) is 4.13. The molecule has 1 aromatic rings. The second kappa shape index (κ2) is 8.37. The molecule has 0 atom stereocenters. The molecule has 106 valence electrons. The van der Waals surface area contributed by atoms with Crippen LogP contribution in [-0.2, 0) is 11.3 Å². The Balaban J connectivity index is 2.53. The van der Waals surface area contributed by atoms with Gasteiger partial charge in [-0.1, -0.05) is 6.92 Å². The predicted molar refractivity (Wildman–Crippen MR) is 74.6 cm³/mol. The van der Waals surface area contributed by atoms with Crippen molar-refractivity contribution >= 4 is 5.91 Å². The topological polar surface area (TPSA) is 59.6 Å². The van der Waals surface area contributed by atoms with Crippen molar-refractivity contribution in [3.05, 3.63) is 23.8 Å². The number of ether oxygens (including phenoxy) is 2. The average molecular weight is 266 g/mol. The first kappa shape index (κ1) is 15.3. The van der Waals surface area contributed by atoms with Crippen LogP contribution in [0.2, 0.25) is 0 Å². The molecular formula is C14H22N2O3. The number of methoxy groups -OCH3 is 2. The van der Waals surface area contributed by atoms with Gasteiger partial charge < -0.3 is 20.1 Å². The highest BCUT2D eigenvalue weighted by molar-refractivity contribution is 5.78. The van der Waals surface area contributed by atoms with Crippen LogP contribution in [0, 0.1) is 0 Å². The zero-order chi connectivity index (χ0) is 14.1. The van der Waals surface area contributed by atoms with Crippen LogP contribution in [0.4, 0.5) is 0 Å². The van der Waals surface area contributed by atoms with Gasteiger partial charge in [-0.25, -0.2) is 0 Å². The Morgan fingerprint density at radius 3 is 2.68 bits per heavy atom. The minimum absolute atomic E-state index is 0.0293. The Hall–Kier alpha value is -1.75. The van der Waals surface area contributed by atoms with Gasteiger partial charge in [-0.05, 0) is 31.2 Å². The molecule has 0 unspecified atom stereocenters. The van der Waals surface area contributed by atoms with E-state index in [0.717, 1.165) is 30.0 Å². The van der Waals surface area contributed by atoms with Crippen molar-refractivity contribution in [1.29, 1.82) is 0 Å². The van der Waals surface area contributed by atoms with Crippen molar-refractivity contribution in [2.45, 2.75) is 19.9 Å². The van der Waals surface area contributed by atoms with Crippen LogP contribution in [0.25, 0.3) is 0 Å². The summed E-state index contributed by atoms with van der Waals surface area (Å²) in [6, 6.07) is 5.52. The number of benzene rings is 1. The minimum atomic E-state index is -0.0293. The number of hydrogen-bond donors (Lipinski definition) is 2. The summed E-state index contributed by atoms with van der Waals surface area (Å²) < 4.78 is 10.4. The van der Waals surface area contributed by atoms with Crippen LogP contribution in [0.1, 0.15) is 18.9 Å². The predicted octanol–water partition coefficient (Wildman–Crippen LogP) is 1.32. The quantitative estimate of drug-likeness (QED) is 0.697. The molecule has 0 radical (unpaired) electrons. The number of carbonyl (C=O) groups is 1. The van der Waals surface area contributed by atoms with Crippen LogP contribution in [0.3, 0.4) is 0 Å². The van der Waals surface area contributed by atoms with Gasteiger partial charge in [0.25, 0.3) is 0 Å². The SMILES string of the molecule is CCCNCC(=O)NCc1cc(OC)ccc1OC. The first-order valence-corrected chi connectivity index (χ1v) is 6.39. The number of rotatable bonds is 8. The van der Waals surface area contributed by atoms with E-state index in [0.29, 0.717) is 13.1 Å². The molecule has 0 aromatic heterocycles. The molecule has 19 heavy (non-hydrogen) atoms. The fourth-order valence-electron chi connectivity index (χ4n) is 1.66. The summed E-state index contributed by atoms with van der Waals surface area (Å²) in [5, 5.41) is 5.90. The molecular weight excluding hydrogens is 244 g/mol. The summed E-state index contributed by atoms with van der Waals surface area (Å²) >= 11 is 0. The first-order chi connectivity index (χ1) is 9.21. The maximum Gasteiger partial charge on any atom is 0.234 e. The van der Waals surface area contributed by atoms with Crippen LogP contribution in [0.15, 0.2) is 18.2 Å². The van der Waals surface area contributed by atoms with Gasteiger partial charge in [-0.3, -0.25) is 4.79 Å². The lowest BCUT2D eigenvalue weighted by Crippen LogP contribution is -2.33. The van der Waals surface area contributed by atoms with Gasteiger partial charge >= 0.3 is 0 Å². The van der Waals surface area contributed by atoms with Gasteiger partial charge in [0.05, 0.1) is 20.8 Å². The van der Waals surface area contributed by atoms with E-state index >= 15 is 0 Å². The van der Waals surface area contributed by atoms with E-state index < -0.39 is 0 Å². The van der Waals surface area contributed by atoms with E-state index in [2.05, 4.69) is 17.6 Å². The van der Waals surface area contributed by atoms with E-state index in [1.165, 1.54) is 0 Å². The third-order valence-electron chi connectivity index (χ3n) is 2.68. The van der Waals surface area contributed by atoms with Crippen molar-refractivity contribution in [3.8, 4) is 11.5 Å². The Morgan fingerprint density at radius 2 is 2.05 bits per heavy atom. The van der Waals surface area contributed by atoms with Gasteiger partial charge in [0.1, 0.15) is 11.5 Å². The fourth-order valence-corrected chi connectivity index (χ4v) is 1.66. The van der Waals surface area contributed by atoms with E-state index in [-0.39, 0.29) is 5.91 Å². The highest BCUT2D eigenvalue weighted by atomic mass is 16.5. The summed E-state index contributed by atoms with van der Waals surface area (Å²) in [7, 11) is 3.22. The van der Waals surface area contributed by atoms with Crippen LogP contribution < -0.4 is 20.1 Å². The highest BCUT2D eigenvalue weighted by Crippen LogP contribution is 2.23. The zero-order valence-electron chi connectivity index (χ0n) is 11.8. The van der Waals surface area contributed by atoms with Gasteiger partial charge in [-0.15, -0.1) is 0 Å². The van der Waals surface area contributed by atoms with Gasteiger partial charge in [0, 0.05) is 12.1 Å². The first-order valence-electron chi connectivity index (χ1n) is 6.39. The third-order valence-corrected chi connectivity index (χ3v) is 2.68. The molecule has 0 fully saturated rings. The fraction of sp³-hybridized carbons (Fsp3) is 0.500. The molecule has 1 amide bonds. The summed E-state index contributed by atoms with van der Waals surface area (Å²) in [5.41, 5.74) is 0.894. The summed E-state index contributed by atoms with van der Waals surface area (Å²) in [4.78, 5) is 11.6. The Morgan fingerprint density at radius 1 is 1.26 bits per heavy atom. The lowest BCUT2D eigenvalue weighted by molar-refractivity contribution is -0.120. The van der Waals surface area contributed by atoms with Gasteiger partial charge in [0.2, 0.25) is 5.91 Å². The second-order valence-corrected chi connectivity index (χ2v) is 4.13. The standard InChI is InChI=1S/C14H22N2O3/c1-4-7-15-10-14(17)16-9-11-8-12(18-2)5-6-13(11)19-3/h5-6,8,15H,4,7,9-10H2,1-3H3,(H,16,17). The van der Waals surface area contributed by atoms with Crippen molar-refractivity contribution in [2.75, 3.05) is 27.3 Å². The Labute approximate surface area is 114 Å². The van der Waals surface area contributed by atoms with Gasteiger partial charge in [-0.2, -0.15) is 0 Å².